The average Bonchev–Trinajstić information content (AvgIpc) is 3.44. The molecule has 3 heterocycles. The quantitative estimate of drug-likeness (QED) is 0.431. The maximum absolute atomic E-state index is 15.2. The van der Waals surface area contributed by atoms with E-state index in [0.29, 0.717) is 42.6 Å². The monoisotopic (exact) mass is 489 g/mol. The fourth-order valence-electron chi connectivity index (χ4n) is 5.41. The standard InChI is InChI=1S/C22H25ClFN7O3/c1-33-10-12-9-31-18(25-12)5-16(23)26-20(31)27-17-4-14(29-30-17)13-2-3-15(19(13)24)34-21(32)28-22-6-11(7-22)8-22/h4-5,9,11,13,15,19H,2-3,6-8,10H2,1H3,(H,28,32)(H2,26,27,29,30)/t11?,13-,15-,19+,22?/m0/s1. The van der Waals surface area contributed by atoms with E-state index in [1.54, 1.807) is 29.8 Å². The SMILES string of the molecule is COCc1cn2c(Nc3cc([C@@H]4CC[C@H](OC(=O)NC56CC(C5)C6)[C@@H]4F)[nH]n3)nc(Cl)cc2n1. The van der Waals surface area contributed by atoms with Crippen LogP contribution in [0.25, 0.3) is 5.65 Å². The van der Waals surface area contributed by atoms with Crippen molar-refractivity contribution >= 4 is 35.1 Å². The molecule has 0 saturated heterocycles. The van der Waals surface area contributed by atoms with Gasteiger partial charge in [-0.15, -0.1) is 0 Å². The Hall–Kier alpha value is -2.92. The maximum Gasteiger partial charge on any atom is 0.407 e. The molecule has 4 aliphatic carbocycles. The molecule has 7 rings (SSSR count). The highest BCUT2D eigenvalue weighted by Gasteiger charge is 2.58. The Labute approximate surface area is 199 Å². The van der Waals surface area contributed by atoms with E-state index in [0.717, 1.165) is 30.9 Å². The number of amides is 1. The van der Waals surface area contributed by atoms with E-state index in [9.17, 15) is 4.79 Å². The first-order valence-electron chi connectivity index (χ1n) is 11.4. The van der Waals surface area contributed by atoms with Crippen molar-refractivity contribution in [2.75, 3.05) is 12.4 Å². The van der Waals surface area contributed by atoms with Crippen LogP contribution >= 0.6 is 11.6 Å². The number of rotatable bonds is 7. The van der Waals surface area contributed by atoms with Gasteiger partial charge in [0.2, 0.25) is 5.95 Å². The third kappa shape index (κ3) is 3.76. The number of hydrogen-bond donors (Lipinski definition) is 3. The van der Waals surface area contributed by atoms with Gasteiger partial charge in [-0.2, -0.15) is 5.10 Å². The van der Waals surface area contributed by atoms with E-state index in [1.165, 1.54) is 0 Å². The van der Waals surface area contributed by atoms with Crippen LogP contribution in [0, 0.1) is 5.92 Å². The third-order valence-corrected chi connectivity index (χ3v) is 7.36. The van der Waals surface area contributed by atoms with E-state index in [4.69, 9.17) is 21.1 Å². The summed E-state index contributed by atoms with van der Waals surface area (Å²) in [7, 11) is 1.60. The zero-order valence-electron chi connectivity index (χ0n) is 18.6. The molecule has 0 radical (unpaired) electrons. The van der Waals surface area contributed by atoms with Crippen molar-refractivity contribution in [3.05, 3.63) is 34.9 Å². The first-order chi connectivity index (χ1) is 16.4. The van der Waals surface area contributed by atoms with Crippen molar-refractivity contribution in [1.82, 2.24) is 29.9 Å². The fourth-order valence-corrected chi connectivity index (χ4v) is 5.59. The summed E-state index contributed by atoms with van der Waals surface area (Å²) in [5, 5.41) is 13.5. The number of nitrogens with zero attached hydrogens (tertiary/aromatic N) is 4. The Morgan fingerprint density at radius 3 is 2.88 bits per heavy atom. The summed E-state index contributed by atoms with van der Waals surface area (Å²) < 4.78 is 27.5. The number of alkyl carbamates (subject to hydrolysis) is 1. The zero-order valence-corrected chi connectivity index (χ0v) is 19.3. The van der Waals surface area contributed by atoms with Gasteiger partial charge in [-0.05, 0) is 38.0 Å². The molecule has 3 aromatic heterocycles. The van der Waals surface area contributed by atoms with Gasteiger partial charge in [0.1, 0.15) is 23.1 Å². The predicted octanol–water partition coefficient (Wildman–Crippen LogP) is 3.86. The van der Waals surface area contributed by atoms with Crippen molar-refractivity contribution < 1.29 is 18.7 Å². The first-order valence-corrected chi connectivity index (χ1v) is 11.8. The molecular formula is C22H25ClFN7O3. The number of imidazole rings is 1. The van der Waals surface area contributed by atoms with Gasteiger partial charge in [-0.1, -0.05) is 11.6 Å². The third-order valence-electron chi connectivity index (χ3n) is 7.17. The lowest BCUT2D eigenvalue weighted by atomic mass is 9.50. The summed E-state index contributed by atoms with van der Waals surface area (Å²) in [6.07, 6.45) is 3.26. The molecular weight excluding hydrogens is 465 g/mol. The van der Waals surface area contributed by atoms with Crippen molar-refractivity contribution in [1.29, 1.82) is 0 Å². The fraction of sp³-hybridized carbons (Fsp3) is 0.545. The van der Waals surface area contributed by atoms with E-state index < -0.39 is 24.3 Å². The Bertz CT molecular complexity index is 1230. The number of anilines is 2. The molecule has 0 spiro atoms. The number of carbonyl (C=O) groups is 1. The number of aromatic amines is 1. The lowest BCUT2D eigenvalue weighted by Gasteiger charge is -2.61. The molecule has 0 aromatic carbocycles. The minimum atomic E-state index is -1.31. The Balaban J connectivity index is 1.12. The van der Waals surface area contributed by atoms with Crippen LogP contribution in [-0.2, 0) is 16.1 Å². The summed E-state index contributed by atoms with van der Waals surface area (Å²) in [5.41, 5.74) is 1.88. The molecule has 180 valence electrons. The molecule has 0 unspecified atom stereocenters. The number of H-pyrrole nitrogens is 1. The number of hydrogen-bond acceptors (Lipinski definition) is 7. The molecule has 3 atom stereocenters. The average molecular weight is 490 g/mol. The molecule has 4 aliphatic rings. The lowest BCUT2D eigenvalue weighted by Crippen LogP contribution is -2.68. The van der Waals surface area contributed by atoms with Crippen LogP contribution in [0.5, 0.6) is 0 Å². The molecule has 3 N–H and O–H groups in total. The summed E-state index contributed by atoms with van der Waals surface area (Å²) >= 11 is 6.16. The number of nitrogens with one attached hydrogen (secondary N) is 3. The number of methoxy groups -OCH3 is 1. The second-order valence-electron chi connectivity index (χ2n) is 9.59. The predicted molar refractivity (Wildman–Crippen MR) is 121 cm³/mol. The maximum atomic E-state index is 15.2. The Kier molecular flexibility index (Phi) is 5.14. The second kappa shape index (κ2) is 8.09. The van der Waals surface area contributed by atoms with Crippen molar-refractivity contribution in [2.45, 2.75) is 62.4 Å². The van der Waals surface area contributed by atoms with E-state index in [2.05, 4.69) is 30.8 Å². The molecule has 4 saturated carbocycles. The summed E-state index contributed by atoms with van der Waals surface area (Å²) in [6.45, 7) is 0.355. The first kappa shape index (κ1) is 21.6. The number of fused-ring (bicyclic) bond motifs is 1. The van der Waals surface area contributed by atoms with Gasteiger partial charge in [-0.25, -0.2) is 19.2 Å². The highest BCUT2D eigenvalue weighted by molar-refractivity contribution is 6.29. The topological polar surface area (TPSA) is 118 Å². The normalized spacial score (nSPS) is 29.5. The van der Waals surface area contributed by atoms with Gasteiger partial charge in [0, 0.05) is 42.6 Å². The molecule has 10 nitrogen and oxygen atoms in total. The van der Waals surface area contributed by atoms with Crippen LogP contribution in [0.15, 0.2) is 18.3 Å². The summed E-state index contributed by atoms with van der Waals surface area (Å²) in [4.78, 5) is 21.0. The smallest absolute Gasteiger partial charge is 0.407 e. The largest absolute Gasteiger partial charge is 0.443 e. The molecule has 4 fully saturated rings. The van der Waals surface area contributed by atoms with Gasteiger partial charge in [0.25, 0.3) is 0 Å². The zero-order chi connectivity index (χ0) is 23.4. The minimum absolute atomic E-state index is 0.0884. The van der Waals surface area contributed by atoms with Crippen molar-refractivity contribution in [3.8, 4) is 0 Å². The van der Waals surface area contributed by atoms with Crippen LogP contribution < -0.4 is 10.6 Å². The van der Waals surface area contributed by atoms with Crippen LogP contribution in [0.3, 0.4) is 0 Å². The van der Waals surface area contributed by atoms with Crippen LogP contribution in [0.4, 0.5) is 21.0 Å². The van der Waals surface area contributed by atoms with Gasteiger partial charge in [0.15, 0.2) is 5.82 Å². The number of aromatic nitrogens is 5. The van der Waals surface area contributed by atoms with Crippen LogP contribution in [0.2, 0.25) is 5.15 Å². The number of ether oxygens (including phenoxy) is 2. The molecule has 34 heavy (non-hydrogen) atoms. The number of halogens is 2. The van der Waals surface area contributed by atoms with Gasteiger partial charge in [-0.3, -0.25) is 9.50 Å². The molecule has 1 amide bonds. The molecule has 12 heteroatoms. The second-order valence-corrected chi connectivity index (χ2v) is 9.97. The van der Waals surface area contributed by atoms with Crippen molar-refractivity contribution in [3.63, 3.8) is 0 Å². The van der Waals surface area contributed by atoms with E-state index in [-0.39, 0.29) is 10.7 Å². The highest BCUT2D eigenvalue weighted by Crippen LogP contribution is 2.57. The van der Waals surface area contributed by atoms with E-state index in [1.807, 2.05) is 0 Å². The Morgan fingerprint density at radius 1 is 1.32 bits per heavy atom. The highest BCUT2D eigenvalue weighted by atomic mass is 35.5. The Morgan fingerprint density at radius 2 is 2.15 bits per heavy atom. The van der Waals surface area contributed by atoms with Crippen LogP contribution in [0.1, 0.15) is 49.4 Å². The van der Waals surface area contributed by atoms with Gasteiger partial charge >= 0.3 is 6.09 Å². The van der Waals surface area contributed by atoms with Crippen LogP contribution in [-0.4, -0.2) is 55.6 Å². The van der Waals surface area contributed by atoms with E-state index >= 15 is 4.39 Å². The molecule has 0 aliphatic heterocycles. The summed E-state index contributed by atoms with van der Waals surface area (Å²) in [6, 6.07) is 3.39. The number of carbonyl (C=O) groups excluding carboxylic acids is 1. The lowest BCUT2D eigenvalue weighted by molar-refractivity contribution is -0.0532. The number of alkyl halides is 1. The van der Waals surface area contributed by atoms with Gasteiger partial charge in [0.05, 0.1) is 12.3 Å². The molecule has 3 aromatic rings. The molecule has 2 bridgehead atoms. The van der Waals surface area contributed by atoms with Gasteiger partial charge < -0.3 is 20.1 Å². The van der Waals surface area contributed by atoms with Crippen molar-refractivity contribution in [2.24, 2.45) is 5.92 Å². The summed E-state index contributed by atoms with van der Waals surface area (Å²) in [5.74, 6) is 1.19. The minimum Gasteiger partial charge on any atom is -0.443 e.